The highest BCUT2D eigenvalue weighted by Crippen LogP contribution is 2.42. The van der Waals surface area contributed by atoms with Gasteiger partial charge in [-0.15, -0.1) is 0 Å². The molecule has 0 radical (unpaired) electrons. The number of rotatable bonds is 2. The molecule has 0 bridgehead atoms. The molecule has 1 spiro atoms. The lowest BCUT2D eigenvalue weighted by molar-refractivity contribution is 0.125. The molecule has 144 valence electrons. The lowest BCUT2D eigenvalue weighted by Crippen LogP contribution is -2.51. The third kappa shape index (κ3) is 3.73. The second-order valence-electron chi connectivity index (χ2n) is 9.45. The van der Waals surface area contributed by atoms with Crippen molar-refractivity contribution in [1.82, 2.24) is 10.2 Å². The van der Waals surface area contributed by atoms with Gasteiger partial charge >= 0.3 is 0 Å². The van der Waals surface area contributed by atoms with E-state index in [0.29, 0.717) is 5.41 Å². The largest absolute Gasteiger partial charge is 0.312 e. The summed E-state index contributed by atoms with van der Waals surface area (Å²) >= 11 is 0. The van der Waals surface area contributed by atoms with Gasteiger partial charge in [0.2, 0.25) is 0 Å². The Morgan fingerprint density at radius 1 is 0.962 bits per heavy atom. The monoisotopic (exact) mass is 354 g/mol. The van der Waals surface area contributed by atoms with E-state index in [1.165, 1.54) is 95.1 Å². The number of hydrogen-bond acceptors (Lipinski definition) is 2. The predicted octanol–water partition coefficient (Wildman–Crippen LogP) is 5.10. The van der Waals surface area contributed by atoms with Gasteiger partial charge in [-0.2, -0.15) is 0 Å². The standard InChI is InChI=1S/C24H38N2/c1-19-10-11-20(2)23-22(19)16-25-18-24(23)12-14-26(15-13-24)17-21-8-6-4-3-5-7-9-21/h10-11,21,25H,3-9,12-18H2,1-2H3. The molecule has 3 aliphatic rings. The summed E-state index contributed by atoms with van der Waals surface area (Å²) in [5.41, 5.74) is 6.71. The Hall–Kier alpha value is -0.860. The smallest absolute Gasteiger partial charge is 0.0211 e. The van der Waals surface area contributed by atoms with Crippen LogP contribution >= 0.6 is 0 Å². The first kappa shape index (κ1) is 18.5. The fourth-order valence-electron chi connectivity index (χ4n) is 6.03. The van der Waals surface area contributed by atoms with Gasteiger partial charge in [-0.25, -0.2) is 0 Å². The van der Waals surface area contributed by atoms with Gasteiger partial charge in [0.25, 0.3) is 0 Å². The van der Waals surface area contributed by atoms with Gasteiger partial charge in [0.05, 0.1) is 0 Å². The Morgan fingerprint density at radius 3 is 2.35 bits per heavy atom. The average Bonchev–Trinajstić information content (AvgIpc) is 2.62. The van der Waals surface area contributed by atoms with Crippen LogP contribution in [-0.4, -0.2) is 31.1 Å². The zero-order valence-electron chi connectivity index (χ0n) is 17.1. The first-order chi connectivity index (χ1) is 12.7. The van der Waals surface area contributed by atoms with Crippen LogP contribution < -0.4 is 5.32 Å². The van der Waals surface area contributed by atoms with Crippen LogP contribution in [0.1, 0.15) is 80.0 Å². The van der Waals surface area contributed by atoms with Crippen molar-refractivity contribution in [2.45, 2.75) is 83.6 Å². The normalized spacial score (nSPS) is 24.8. The number of likely N-dealkylation sites (tertiary alicyclic amines) is 1. The number of aryl methyl sites for hydroxylation is 2. The second kappa shape index (κ2) is 8.02. The lowest BCUT2D eigenvalue weighted by atomic mass is 9.67. The predicted molar refractivity (Wildman–Crippen MR) is 111 cm³/mol. The van der Waals surface area contributed by atoms with Gasteiger partial charge in [-0.05, 0) is 80.8 Å². The highest BCUT2D eigenvalue weighted by atomic mass is 15.1. The summed E-state index contributed by atoms with van der Waals surface area (Å²) in [5.74, 6) is 0.963. The third-order valence-corrected chi connectivity index (χ3v) is 7.61. The summed E-state index contributed by atoms with van der Waals surface area (Å²) in [6, 6.07) is 4.68. The van der Waals surface area contributed by atoms with Crippen molar-refractivity contribution in [3.05, 3.63) is 34.4 Å². The molecule has 26 heavy (non-hydrogen) atoms. The van der Waals surface area contributed by atoms with Crippen LogP contribution in [0.3, 0.4) is 0 Å². The molecular weight excluding hydrogens is 316 g/mol. The summed E-state index contributed by atoms with van der Waals surface area (Å²) < 4.78 is 0. The minimum atomic E-state index is 0.390. The van der Waals surface area contributed by atoms with E-state index in [0.717, 1.165) is 12.5 Å². The Kier molecular flexibility index (Phi) is 5.71. The van der Waals surface area contributed by atoms with E-state index in [1.54, 1.807) is 11.1 Å². The Bertz CT molecular complexity index is 605. The molecule has 1 aromatic carbocycles. The molecule has 2 fully saturated rings. The van der Waals surface area contributed by atoms with Crippen LogP contribution in [0.4, 0.5) is 0 Å². The highest BCUT2D eigenvalue weighted by Gasteiger charge is 2.40. The van der Waals surface area contributed by atoms with E-state index >= 15 is 0 Å². The van der Waals surface area contributed by atoms with Crippen LogP contribution in [0, 0.1) is 19.8 Å². The molecule has 4 rings (SSSR count). The zero-order valence-corrected chi connectivity index (χ0v) is 17.1. The number of nitrogens with zero attached hydrogens (tertiary/aromatic N) is 1. The Balaban J connectivity index is 1.43. The highest BCUT2D eigenvalue weighted by molar-refractivity contribution is 5.47. The molecule has 0 aromatic heterocycles. The number of nitrogens with one attached hydrogen (secondary N) is 1. The van der Waals surface area contributed by atoms with Crippen molar-refractivity contribution in [2.24, 2.45) is 5.92 Å². The number of hydrogen-bond donors (Lipinski definition) is 1. The average molecular weight is 355 g/mol. The van der Waals surface area contributed by atoms with E-state index in [4.69, 9.17) is 0 Å². The molecule has 1 aromatic rings. The minimum absolute atomic E-state index is 0.390. The molecule has 1 aliphatic carbocycles. The first-order valence-electron chi connectivity index (χ1n) is 11.2. The third-order valence-electron chi connectivity index (χ3n) is 7.61. The first-order valence-corrected chi connectivity index (χ1v) is 11.2. The molecule has 2 nitrogen and oxygen atoms in total. The van der Waals surface area contributed by atoms with E-state index in [9.17, 15) is 0 Å². The number of piperidine rings is 1. The summed E-state index contributed by atoms with van der Waals surface area (Å²) in [4.78, 5) is 2.80. The minimum Gasteiger partial charge on any atom is -0.312 e. The molecule has 0 amide bonds. The van der Waals surface area contributed by atoms with Gasteiger partial charge < -0.3 is 10.2 Å². The van der Waals surface area contributed by atoms with Crippen LogP contribution in [0.15, 0.2) is 12.1 Å². The summed E-state index contributed by atoms with van der Waals surface area (Å²) in [7, 11) is 0. The van der Waals surface area contributed by atoms with E-state index in [1.807, 2.05) is 0 Å². The molecule has 2 heterocycles. The molecule has 1 saturated carbocycles. The van der Waals surface area contributed by atoms with Gasteiger partial charge in [-0.3, -0.25) is 0 Å². The maximum absolute atomic E-state index is 3.76. The van der Waals surface area contributed by atoms with Crippen LogP contribution in [0.2, 0.25) is 0 Å². The molecule has 1 saturated heterocycles. The van der Waals surface area contributed by atoms with Gasteiger partial charge in [0.15, 0.2) is 0 Å². The van der Waals surface area contributed by atoms with Gasteiger partial charge in [-0.1, -0.05) is 44.2 Å². The fraction of sp³-hybridized carbons (Fsp3) is 0.750. The maximum Gasteiger partial charge on any atom is 0.0211 e. The second-order valence-corrected chi connectivity index (χ2v) is 9.45. The zero-order chi connectivity index (χ0) is 18.0. The molecule has 1 N–H and O–H groups in total. The van der Waals surface area contributed by atoms with Crippen molar-refractivity contribution >= 4 is 0 Å². The summed E-state index contributed by atoms with van der Waals surface area (Å²) in [6.45, 7) is 10.8. The van der Waals surface area contributed by atoms with Gasteiger partial charge in [0, 0.05) is 25.0 Å². The van der Waals surface area contributed by atoms with Crippen LogP contribution in [0.25, 0.3) is 0 Å². The Morgan fingerprint density at radius 2 is 1.62 bits per heavy atom. The topological polar surface area (TPSA) is 15.3 Å². The molecule has 0 unspecified atom stereocenters. The number of fused-ring (bicyclic) bond motifs is 2. The molecular formula is C24H38N2. The van der Waals surface area contributed by atoms with Crippen molar-refractivity contribution < 1.29 is 0 Å². The van der Waals surface area contributed by atoms with Crippen LogP contribution in [0.5, 0.6) is 0 Å². The molecule has 2 heteroatoms. The summed E-state index contributed by atoms with van der Waals surface area (Å²) in [5, 5.41) is 3.76. The SMILES string of the molecule is Cc1ccc(C)c2c1CNCC21CCN(CC2CCCCCCC2)CC1. The Labute approximate surface area is 160 Å². The van der Waals surface area contributed by atoms with E-state index in [2.05, 4.69) is 36.2 Å². The maximum atomic E-state index is 3.76. The summed E-state index contributed by atoms with van der Waals surface area (Å²) in [6.07, 6.45) is 13.0. The molecule has 2 aliphatic heterocycles. The van der Waals surface area contributed by atoms with E-state index < -0.39 is 0 Å². The fourth-order valence-corrected chi connectivity index (χ4v) is 6.03. The van der Waals surface area contributed by atoms with Crippen molar-refractivity contribution in [1.29, 1.82) is 0 Å². The molecule has 0 atom stereocenters. The number of benzene rings is 1. The van der Waals surface area contributed by atoms with Crippen molar-refractivity contribution in [3.63, 3.8) is 0 Å². The lowest BCUT2D eigenvalue weighted by Gasteiger charge is -2.47. The van der Waals surface area contributed by atoms with Gasteiger partial charge in [0.1, 0.15) is 0 Å². The van der Waals surface area contributed by atoms with Crippen molar-refractivity contribution in [3.8, 4) is 0 Å². The van der Waals surface area contributed by atoms with E-state index in [-0.39, 0.29) is 0 Å². The van der Waals surface area contributed by atoms with Crippen LogP contribution in [-0.2, 0) is 12.0 Å². The quantitative estimate of drug-likeness (QED) is 0.795. The van der Waals surface area contributed by atoms with Crippen molar-refractivity contribution in [2.75, 3.05) is 26.2 Å².